The molecule has 0 bridgehead atoms. The molecule has 8 nitrogen and oxygen atoms in total. The zero-order chi connectivity index (χ0) is 20.1. The Morgan fingerprint density at radius 2 is 1.93 bits per heavy atom. The second-order valence-corrected chi connectivity index (χ2v) is 6.83. The molecule has 28 heavy (non-hydrogen) atoms. The van der Waals surface area contributed by atoms with Gasteiger partial charge in [-0.1, -0.05) is 18.2 Å². The van der Waals surface area contributed by atoms with Gasteiger partial charge in [-0.2, -0.15) is 10.2 Å². The van der Waals surface area contributed by atoms with Crippen molar-refractivity contribution in [2.24, 2.45) is 0 Å². The number of aryl methyl sites for hydroxylation is 1. The van der Waals surface area contributed by atoms with Crippen molar-refractivity contribution < 1.29 is 14.3 Å². The molecule has 0 unspecified atom stereocenters. The maximum Gasteiger partial charge on any atom is 0.343 e. The minimum atomic E-state index is -0.535. The van der Waals surface area contributed by atoms with Crippen molar-refractivity contribution in [1.29, 1.82) is 0 Å². The molecule has 0 aliphatic rings. The van der Waals surface area contributed by atoms with Crippen molar-refractivity contribution >= 4 is 33.6 Å². The van der Waals surface area contributed by atoms with E-state index in [9.17, 15) is 9.59 Å². The van der Waals surface area contributed by atoms with Gasteiger partial charge in [0.05, 0.1) is 35.7 Å². The van der Waals surface area contributed by atoms with E-state index < -0.39 is 5.97 Å². The first-order chi connectivity index (χ1) is 13.5. The monoisotopic (exact) mass is 445 g/mol. The van der Waals surface area contributed by atoms with Gasteiger partial charge in [0.2, 0.25) is 5.91 Å². The minimum Gasteiger partial charge on any atom is -0.462 e. The van der Waals surface area contributed by atoms with Gasteiger partial charge < -0.3 is 10.1 Å². The summed E-state index contributed by atoms with van der Waals surface area (Å²) in [4.78, 5) is 24.8. The van der Waals surface area contributed by atoms with Crippen LogP contribution < -0.4 is 5.32 Å². The van der Waals surface area contributed by atoms with Crippen LogP contribution in [-0.2, 0) is 16.1 Å². The Bertz CT molecular complexity index is 981. The molecular weight excluding hydrogens is 426 g/mol. The Kier molecular flexibility index (Phi) is 6.25. The van der Waals surface area contributed by atoms with Crippen molar-refractivity contribution in [3.05, 3.63) is 58.5 Å². The van der Waals surface area contributed by atoms with E-state index in [1.54, 1.807) is 17.8 Å². The lowest BCUT2D eigenvalue weighted by Gasteiger charge is -2.11. The van der Waals surface area contributed by atoms with Gasteiger partial charge in [0, 0.05) is 12.1 Å². The summed E-state index contributed by atoms with van der Waals surface area (Å²) in [6.45, 7) is 4.29. The van der Waals surface area contributed by atoms with Crippen LogP contribution >= 0.6 is 15.9 Å². The average molecular weight is 446 g/mol. The van der Waals surface area contributed by atoms with E-state index in [1.807, 2.05) is 37.3 Å². The highest BCUT2D eigenvalue weighted by atomic mass is 79.9. The summed E-state index contributed by atoms with van der Waals surface area (Å²) >= 11 is 3.40. The number of para-hydroxylation sites is 1. The van der Waals surface area contributed by atoms with Crippen LogP contribution in [0.2, 0.25) is 0 Å². The summed E-state index contributed by atoms with van der Waals surface area (Å²) in [5.74, 6) is -0.505. The molecular formula is C19H20BrN5O3. The number of aromatic nitrogens is 4. The van der Waals surface area contributed by atoms with E-state index >= 15 is 0 Å². The number of carbonyl (C=O) groups excluding carboxylic acids is 2. The van der Waals surface area contributed by atoms with E-state index in [4.69, 9.17) is 4.74 Å². The molecule has 9 heteroatoms. The molecule has 0 radical (unpaired) electrons. The maximum atomic E-state index is 12.6. The molecule has 0 fully saturated rings. The first-order valence-corrected chi connectivity index (χ1v) is 9.59. The van der Waals surface area contributed by atoms with Crippen molar-refractivity contribution in [3.8, 4) is 5.69 Å². The van der Waals surface area contributed by atoms with Gasteiger partial charge >= 0.3 is 5.97 Å². The van der Waals surface area contributed by atoms with Crippen molar-refractivity contribution in [2.45, 2.75) is 26.8 Å². The normalized spacial score (nSPS) is 10.7. The summed E-state index contributed by atoms with van der Waals surface area (Å²) < 4.78 is 9.23. The van der Waals surface area contributed by atoms with Crippen LogP contribution in [0.1, 0.15) is 29.4 Å². The van der Waals surface area contributed by atoms with E-state index in [2.05, 4.69) is 31.4 Å². The van der Waals surface area contributed by atoms with Gasteiger partial charge in [-0.05, 0) is 41.9 Å². The average Bonchev–Trinajstić information content (AvgIpc) is 3.25. The smallest absolute Gasteiger partial charge is 0.343 e. The van der Waals surface area contributed by atoms with Crippen LogP contribution in [0.25, 0.3) is 5.69 Å². The number of anilines is 1. The molecule has 146 valence electrons. The van der Waals surface area contributed by atoms with Gasteiger partial charge in [0.1, 0.15) is 5.56 Å². The zero-order valence-electron chi connectivity index (χ0n) is 15.6. The molecule has 2 heterocycles. The SMILES string of the molecule is CCOC(=O)c1cnn(-c2ccccc2)c1NC(=O)CCn1ncc(Br)c1C. The number of nitrogens with one attached hydrogen (secondary N) is 1. The predicted octanol–water partition coefficient (Wildman–Crippen LogP) is 3.35. The van der Waals surface area contributed by atoms with Gasteiger partial charge in [0.25, 0.3) is 0 Å². The van der Waals surface area contributed by atoms with Crippen molar-refractivity contribution in [2.75, 3.05) is 11.9 Å². The fraction of sp³-hybridized carbons (Fsp3) is 0.263. The van der Waals surface area contributed by atoms with Gasteiger partial charge in [-0.15, -0.1) is 0 Å². The lowest BCUT2D eigenvalue weighted by atomic mass is 10.3. The summed E-state index contributed by atoms with van der Waals surface area (Å²) in [6, 6.07) is 9.25. The van der Waals surface area contributed by atoms with Crippen LogP contribution in [0.4, 0.5) is 5.82 Å². The third kappa shape index (κ3) is 4.30. The summed E-state index contributed by atoms with van der Waals surface area (Å²) in [7, 11) is 0. The van der Waals surface area contributed by atoms with E-state index in [-0.39, 0.29) is 30.3 Å². The second-order valence-electron chi connectivity index (χ2n) is 5.97. The highest BCUT2D eigenvalue weighted by molar-refractivity contribution is 9.10. The molecule has 0 aliphatic carbocycles. The predicted molar refractivity (Wildman–Crippen MR) is 107 cm³/mol. The second kappa shape index (κ2) is 8.83. The Morgan fingerprint density at radius 1 is 1.18 bits per heavy atom. The number of hydrogen-bond acceptors (Lipinski definition) is 5. The molecule has 3 aromatic rings. The van der Waals surface area contributed by atoms with E-state index in [1.165, 1.54) is 10.9 Å². The lowest BCUT2D eigenvalue weighted by Crippen LogP contribution is -2.20. The number of halogens is 1. The number of benzene rings is 1. The topological polar surface area (TPSA) is 91.0 Å². The molecule has 1 N–H and O–H groups in total. The third-order valence-corrected chi connectivity index (χ3v) is 4.90. The summed E-state index contributed by atoms with van der Waals surface area (Å²) in [5, 5.41) is 11.3. The summed E-state index contributed by atoms with van der Waals surface area (Å²) in [5.41, 5.74) is 1.87. The highest BCUT2D eigenvalue weighted by Gasteiger charge is 2.21. The molecule has 0 saturated carbocycles. The van der Waals surface area contributed by atoms with Crippen molar-refractivity contribution in [3.63, 3.8) is 0 Å². The summed E-state index contributed by atoms with van der Waals surface area (Å²) in [6.07, 6.45) is 3.28. The molecule has 0 saturated heterocycles. The Hall–Kier alpha value is -2.94. The number of ether oxygens (including phenoxy) is 1. The van der Waals surface area contributed by atoms with E-state index in [0.29, 0.717) is 6.54 Å². The minimum absolute atomic E-state index is 0.192. The van der Waals surface area contributed by atoms with Crippen LogP contribution in [0.3, 0.4) is 0 Å². The number of esters is 1. The number of amides is 1. The fourth-order valence-electron chi connectivity index (χ4n) is 2.64. The third-order valence-electron chi connectivity index (χ3n) is 4.12. The maximum absolute atomic E-state index is 12.6. The quantitative estimate of drug-likeness (QED) is 0.563. The molecule has 2 aromatic heterocycles. The molecule has 0 spiro atoms. The highest BCUT2D eigenvalue weighted by Crippen LogP contribution is 2.22. The Morgan fingerprint density at radius 3 is 2.57 bits per heavy atom. The fourth-order valence-corrected chi connectivity index (χ4v) is 2.94. The van der Waals surface area contributed by atoms with Gasteiger partial charge in [-0.25, -0.2) is 9.48 Å². The zero-order valence-corrected chi connectivity index (χ0v) is 17.1. The Labute approximate surface area is 170 Å². The van der Waals surface area contributed by atoms with Crippen LogP contribution in [0.15, 0.2) is 47.2 Å². The Balaban J connectivity index is 1.82. The largest absolute Gasteiger partial charge is 0.462 e. The molecule has 1 amide bonds. The first kappa shape index (κ1) is 19.8. The first-order valence-electron chi connectivity index (χ1n) is 8.79. The number of hydrogen-bond donors (Lipinski definition) is 1. The van der Waals surface area contributed by atoms with E-state index in [0.717, 1.165) is 15.9 Å². The van der Waals surface area contributed by atoms with Crippen LogP contribution in [0.5, 0.6) is 0 Å². The molecule has 3 rings (SSSR count). The molecule has 0 aliphatic heterocycles. The van der Waals surface area contributed by atoms with Gasteiger partial charge in [0.15, 0.2) is 5.82 Å². The molecule has 0 atom stereocenters. The standard InChI is InChI=1S/C19H20BrN5O3/c1-3-28-19(27)15-11-22-25(14-7-5-4-6-8-14)18(15)23-17(26)9-10-24-13(2)16(20)12-21-24/h4-8,11-12H,3,9-10H2,1-2H3,(H,23,26). The van der Waals surface area contributed by atoms with Crippen molar-refractivity contribution in [1.82, 2.24) is 19.6 Å². The van der Waals surface area contributed by atoms with Crippen LogP contribution in [0, 0.1) is 6.92 Å². The molecule has 1 aromatic carbocycles. The number of carbonyl (C=O) groups is 2. The van der Waals surface area contributed by atoms with Gasteiger partial charge in [-0.3, -0.25) is 9.48 Å². The van der Waals surface area contributed by atoms with Crippen LogP contribution in [-0.4, -0.2) is 38.0 Å². The lowest BCUT2D eigenvalue weighted by molar-refractivity contribution is -0.116. The number of rotatable bonds is 7. The number of nitrogens with zero attached hydrogens (tertiary/aromatic N) is 4.